The number of anilines is 1. The van der Waals surface area contributed by atoms with E-state index in [0.717, 1.165) is 29.4 Å². The molecule has 4 rings (SSSR count). The molecule has 0 saturated carbocycles. The van der Waals surface area contributed by atoms with Gasteiger partial charge in [0.25, 0.3) is 0 Å². The summed E-state index contributed by atoms with van der Waals surface area (Å²) < 4.78 is 16.7. The van der Waals surface area contributed by atoms with Crippen molar-refractivity contribution in [3.8, 4) is 17.2 Å². The monoisotopic (exact) mass is 485 g/mol. The Morgan fingerprint density at radius 1 is 1.14 bits per heavy atom. The van der Waals surface area contributed by atoms with Crippen LogP contribution >= 0.6 is 0 Å². The van der Waals surface area contributed by atoms with Crippen molar-refractivity contribution < 1.29 is 23.8 Å². The lowest BCUT2D eigenvalue weighted by molar-refractivity contribution is -0.116. The normalized spacial score (nSPS) is 16.2. The smallest absolute Gasteiger partial charge is 0.408 e. The molecule has 0 fully saturated rings. The van der Waals surface area contributed by atoms with Crippen molar-refractivity contribution in [2.75, 3.05) is 11.9 Å². The highest BCUT2D eigenvalue weighted by molar-refractivity contribution is 5.93. The zero-order valence-electron chi connectivity index (χ0n) is 21.1. The molecule has 2 aliphatic rings. The Morgan fingerprint density at radius 3 is 2.51 bits per heavy atom. The third-order valence-corrected chi connectivity index (χ3v) is 4.98. The lowest BCUT2D eigenvalue weighted by atomic mass is 10.0. The van der Waals surface area contributed by atoms with Crippen LogP contribution in [0.5, 0.6) is 17.2 Å². The van der Waals surface area contributed by atoms with Crippen molar-refractivity contribution in [2.24, 2.45) is 0 Å². The highest BCUT2D eigenvalue weighted by Gasteiger charge is 2.23. The standard InChI is InChI=1S/C17H16N2O3.C9H19NO2.CH4/c1-10-9-21-14-4-2-11(8-13(10)14)22-15-6-7-18-17-12(15)3-5-16(20)19-17;1-8(2,3)10-7(11)12-9(4,5)6;/h2,4,6-8,10H,3,5,9H2,1H3,(H,18,19,20);1-6H3,(H,10,11);1H4. The molecule has 1 aromatic heterocycles. The summed E-state index contributed by atoms with van der Waals surface area (Å²) in [6.45, 7) is 14.1. The summed E-state index contributed by atoms with van der Waals surface area (Å²) >= 11 is 0. The fourth-order valence-corrected chi connectivity index (χ4v) is 3.50. The van der Waals surface area contributed by atoms with E-state index in [1.54, 1.807) is 6.20 Å². The zero-order chi connectivity index (χ0) is 25.1. The van der Waals surface area contributed by atoms with Crippen LogP contribution in [0.15, 0.2) is 30.5 Å². The summed E-state index contributed by atoms with van der Waals surface area (Å²) in [6, 6.07) is 7.72. The second-order valence-electron chi connectivity index (χ2n) is 10.6. The van der Waals surface area contributed by atoms with E-state index in [1.165, 1.54) is 5.56 Å². The average molecular weight is 486 g/mol. The molecule has 0 radical (unpaired) electrons. The lowest BCUT2D eigenvalue weighted by Crippen LogP contribution is -2.43. The van der Waals surface area contributed by atoms with Gasteiger partial charge < -0.3 is 24.8 Å². The van der Waals surface area contributed by atoms with Crippen molar-refractivity contribution in [3.63, 3.8) is 0 Å². The molecule has 192 valence electrons. The Balaban J connectivity index is 0.000000288. The first-order chi connectivity index (χ1) is 15.8. The van der Waals surface area contributed by atoms with Gasteiger partial charge in [0.05, 0.1) is 6.61 Å². The first kappa shape index (κ1) is 28.0. The Bertz CT molecular complexity index is 1040. The van der Waals surface area contributed by atoms with Crippen LogP contribution in [0.1, 0.15) is 79.4 Å². The van der Waals surface area contributed by atoms with Gasteiger partial charge in [0.2, 0.25) is 5.91 Å². The first-order valence-electron chi connectivity index (χ1n) is 11.5. The molecule has 2 aromatic rings. The van der Waals surface area contributed by atoms with E-state index < -0.39 is 5.60 Å². The molecule has 1 aromatic carbocycles. The second-order valence-corrected chi connectivity index (χ2v) is 10.6. The molecule has 0 saturated heterocycles. The quantitative estimate of drug-likeness (QED) is 0.525. The van der Waals surface area contributed by atoms with Gasteiger partial charge in [-0.15, -0.1) is 0 Å². The van der Waals surface area contributed by atoms with Crippen molar-refractivity contribution >= 4 is 17.8 Å². The van der Waals surface area contributed by atoms with Crippen LogP contribution in [0, 0.1) is 0 Å². The van der Waals surface area contributed by atoms with Gasteiger partial charge in [-0.3, -0.25) is 4.79 Å². The summed E-state index contributed by atoms with van der Waals surface area (Å²) in [6.07, 6.45) is 2.40. The van der Waals surface area contributed by atoms with Gasteiger partial charge in [-0.2, -0.15) is 0 Å². The molecule has 0 aliphatic carbocycles. The number of rotatable bonds is 2. The number of fused-ring (bicyclic) bond motifs is 2. The van der Waals surface area contributed by atoms with Crippen LogP contribution in [-0.2, 0) is 16.0 Å². The number of amides is 2. The number of ether oxygens (including phenoxy) is 3. The van der Waals surface area contributed by atoms with Crippen molar-refractivity contribution in [2.45, 2.75) is 85.8 Å². The van der Waals surface area contributed by atoms with Crippen LogP contribution < -0.4 is 20.1 Å². The molecular weight excluding hydrogens is 446 g/mol. The number of carbonyl (C=O) groups excluding carboxylic acids is 2. The second kappa shape index (κ2) is 11.0. The summed E-state index contributed by atoms with van der Waals surface area (Å²) in [5.41, 5.74) is 1.47. The minimum Gasteiger partial charge on any atom is -0.493 e. The number of nitrogens with zero attached hydrogens (tertiary/aromatic N) is 1. The number of carbonyl (C=O) groups is 2. The summed E-state index contributed by atoms with van der Waals surface area (Å²) in [7, 11) is 0. The van der Waals surface area contributed by atoms with Gasteiger partial charge in [-0.1, -0.05) is 14.4 Å². The van der Waals surface area contributed by atoms with Gasteiger partial charge >= 0.3 is 6.09 Å². The molecule has 2 N–H and O–H groups in total. The molecule has 3 heterocycles. The summed E-state index contributed by atoms with van der Waals surface area (Å²) in [5.74, 6) is 3.44. The number of hydrogen-bond donors (Lipinski definition) is 2. The van der Waals surface area contributed by atoms with Crippen LogP contribution in [0.4, 0.5) is 10.6 Å². The van der Waals surface area contributed by atoms with Gasteiger partial charge in [-0.25, -0.2) is 9.78 Å². The minimum absolute atomic E-state index is 0. The molecule has 1 unspecified atom stereocenters. The van der Waals surface area contributed by atoms with Crippen LogP contribution in [0.3, 0.4) is 0 Å². The molecule has 2 amide bonds. The van der Waals surface area contributed by atoms with Crippen molar-refractivity contribution in [3.05, 3.63) is 41.6 Å². The maximum atomic E-state index is 11.5. The van der Waals surface area contributed by atoms with Crippen molar-refractivity contribution in [1.82, 2.24) is 10.3 Å². The number of nitrogens with one attached hydrogen (secondary N) is 2. The fraction of sp³-hybridized carbons (Fsp3) is 0.519. The predicted molar refractivity (Wildman–Crippen MR) is 137 cm³/mol. The van der Waals surface area contributed by atoms with Crippen LogP contribution in [0.25, 0.3) is 0 Å². The van der Waals surface area contributed by atoms with Crippen LogP contribution in [-0.4, -0.2) is 34.7 Å². The van der Waals surface area contributed by atoms with E-state index in [9.17, 15) is 9.59 Å². The molecule has 35 heavy (non-hydrogen) atoms. The predicted octanol–water partition coefficient (Wildman–Crippen LogP) is 6.20. The molecule has 0 spiro atoms. The maximum absolute atomic E-state index is 11.5. The molecule has 1 atom stereocenters. The molecule has 0 bridgehead atoms. The lowest BCUT2D eigenvalue weighted by Gasteiger charge is -2.25. The van der Waals surface area contributed by atoms with Gasteiger partial charge in [0, 0.05) is 35.2 Å². The Hall–Kier alpha value is -3.29. The van der Waals surface area contributed by atoms with Gasteiger partial charge in [0.15, 0.2) is 0 Å². The van der Waals surface area contributed by atoms with Crippen LogP contribution in [0.2, 0.25) is 0 Å². The maximum Gasteiger partial charge on any atom is 0.408 e. The van der Waals surface area contributed by atoms with Gasteiger partial charge in [-0.05, 0) is 72.2 Å². The Labute approximate surface area is 208 Å². The third-order valence-electron chi connectivity index (χ3n) is 4.98. The largest absolute Gasteiger partial charge is 0.493 e. The van der Waals surface area contributed by atoms with E-state index in [0.29, 0.717) is 24.6 Å². The number of benzene rings is 1. The topological polar surface area (TPSA) is 98.8 Å². The number of aromatic nitrogens is 1. The minimum atomic E-state index is -0.421. The van der Waals surface area contributed by atoms with Crippen molar-refractivity contribution in [1.29, 1.82) is 0 Å². The van der Waals surface area contributed by atoms with E-state index in [2.05, 4.69) is 22.5 Å². The first-order valence-corrected chi connectivity index (χ1v) is 11.5. The molecule has 8 nitrogen and oxygen atoms in total. The van der Waals surface area contributed by atoms with E-state index in [1.807, 2.05) is 65.8 Å². The molecule has 2 aliphatic heterocycles. The average Bonchev–Trinajstić information content (AvgIpc) is 3.06. The number of alkyl carbamates (subject to hydrolysis) is 1. The fourth-order valence-electron chi connectivity index (χ4n) is 3.50. The van der Waals surface area contributed by atoms with E-state index in [4.69, 9.17) is 14.2 Å². The summed E-state index contributed by atoms with van der Waals surface area (Å²) in [4.78, 5) is 26.8. The highest BCUT2D eigenvalue weighted by Crippen LogP contribution is 2.38. The van der Waals surface area contributed by atoms with Gasteiger partial charge in [0.1, 0.15) is 28.7 Å². The third kappa shape index (κ3) is 8.16. The zero-order valence-corrected chi connectivity index (χ0v) is 21.1. The molecular formula is C27H39N3O5. The summed E-state index contributed by atoms with van der Waals surface area (Å²) in [5, 5.41) is 5.50. The SMILES string of the molecule is C.CC(C)(C)NC(=O)OC(C)(C)C.CC1COc2ccc(Oc3ccnc4c3CCC(=O)N4)cc21. The Morgan fingerprint density at radius 2 is 1.86 bits per heavy atom. The van der Waals surface area contributed by atoms with E-state index >= 15 is 0 Å². The van der Waals surface area contributed by atoms with E-state index in [-0.39, 0.29) is 25.0 Å². The number of pyridine rings is 1. The number of hydrogen-bond acceptors (Lipinski definition) is 6. The highest BCUT2D eigenvalue weighted by atomic mass is 16.6. The molecule has 8 heteroatoms. The Kier molecular flexibility index (Phi) is 8.76.